The number of aliphatic carboxylic acids is 1. The molecule has 2 rings (SSSR count). The molecule has 5 nitrogen and oxygen atoms in total. The molecule has 1 aliphatic rings. The molecule has 1 unspecified atom stereocenters. The molecule has 1 aromatic rings. The molecule has 1 fully saturated rings. The average Bonchev–Trinajstić information content (AvgIpc) is 2.64. The Hall–Kier alpha value is -1.05. The van der Waals surface area contributed by atoms with Gasteiger partial charge in [0.25, 0.3) is 0 Å². The van der Waals surface area contributed by atoms with Crippen LogP contribution in [0.5, 0.6) is 5.75 Å². The van der Waals surface area contributed by atoms with Crippen molar-refractivity contribution in [2.45, 2.75) is 51.1 Å². The van der Waals surface area contributed by atoms with Gasteiger partial charge in [0, 0.05) is 10.3 Å². The molecular formula is C16H22BBrO5. The van der Waals surface area contributed by atoms with Crippen molar-refractivity contribution in [1.29, 1.82) is 0 Å². The van der Waals surface area contributed by atoms with E-state index in [4.69, 9.17) is 14.0 Å². The third kappa shape index (κ3) is 3.73. The third-order valence-electron chi connectivity index (χ3n) is 4.59. The highest BCUT2D eigenvalue weighted by atomic mass is 79.9. The van der Waals surface area contributed by atoms with Crippen LogP contribution in [0.4, 0.5) is 0 Å². The van der Waals surface area contributed by atoms with Gasteiger partial charge in [0.05, 0.1) is 24.7 Å². The monoisotopic (exact) mass is 384 g/mol. The Bertz CT molecular complexity index is 586. The van der Waals surface area contributed by atoms with E-state index in [9.17, 15) is 9.90 Å². The fraction of sp³-hybridized carbons (Fsp3) is 0.562. The summed E-state index contributed by atoms with van der Waals surface area (Å²) >= 11 is 3.43. The molecule has 1 atom stereocenters. The van der Waals surface area contributed by atoms with Crippen molar-refractivity contribution in [3.05, 3.63) is 28.2 Å². The van der Waals surface area contributed by atoms with E-state index >= 15 is 0 Å². The van der Waals surface area contributed by atoms with E-state index in [1.807, 2.05) is 39.8 Å². The van der Waals surface area contributed by atoms with Crippen molar-refractivity contribution in [3.8, 4) is 5.75 Å². The Morgan fingerprint density at radius 1 is 1.30 bits per heavy atom. The summed E-state index contributed by atoms with van der Waals surface area (Å²) in [5.74, 6) is -0.762. The number of halogens is 1. The first-order valence-corrected chi connectivity index (χ1v) is 8.27. The van der Waals surface area contributed by atoms with E-state index in [0.717, 1.165) is 10.0 Å². The first kappa shape index (κ1) is 18.3. The van der Waals surface area contributed by atoms with Crippen LogP contribution in [-0.4, -0.2) is 36.5 Å². The van der Waals surface area contributed by atoms with Crippen molar-refractivity contribution >= 4 is 29.0 Å². The van der Waals surface area contributed by atoms with Crippen molar-refractivity contribution in [1.82, 2.24) is 0 Å². The Morgan fingerprint density at radius 2 is 1.87 bits per heavy atom. The van der Waals surface area contributed by atoms with Gasteiger partial charge in [-0.05, 0) is 51.5 Å². The largest absolute Gasteiger partial charge is 0.496 e. The zero-order valence-corrected chi connectivity index (χ0v) is 15.6. The lowest BCUT2D eigenvalue weighted by Crippen LogP contribution is -2.41. The average molecular weight is 385 g/mol. The number of carboxylic acid groups (broad SMARTS) is 1. The van der Waals surface area contributed by atoms with Crippen molar-refractivity contribution in [3.63, 3.8) is 0 Å². The smallest absolute Gasteiger partial charge is 0.466 e. The molecule has 126 valence electrons. The fourth-order valence-electron chi connectivity index (χ4n) is 2.59. The number of hydrogen-bond donors (Lipinski definition) is 1. The summed E-state index contributed by atoms with van der Waals surface area (Å²) in [6, 6.07) is 5.52. The minimum atomic E-state index is -0.910. The Labute approximate surface area is 145 Å². The molecule has 1 aromatic carbocycles. The summed E-state index contributed by atoms with van der Waals surface area (Å²) in [4.78, 5) is 11.4. The number of benzene rings is 1. The Balaban J connectivity index is 2.43. The van der Waals surface area contributed by atoms with Gasteiger partial charge in [-0.2, -0.15) is 0 Å². The van der Waals surface area contributed by atoms with Gasteiger partial charge in [-0.25, -0.2) is 0 Å². The Morgan fingerprint density at radius 3 is 2.35 bits per heavy atom. The SMILES string of the molecule is COc1ccc(Br)cc1C(CC(=O)O)B1OC(C)(C)C(C)(C)O1. The van der Waals surface area contributed by atoms with Gasteiger partial charge >= 0.3 is 13.1 Å². The van der Waals surface area contributed by atoms with Crippen LogP contribution in [0.15, 0.2) is 22.7 Å². The molecule has 23 heavy (non-hydrogen) atoms. The first-order chi connectivity index (χ1) is 10.6. The number of methoxy groups -OCH3 is 1. The van der Waals surface area contributed by atoms with E-state index in [1.165, 1.54) is 0 Å². The topological polar surface area (TPSA) is 65.0 Å². The van der Waals surface area contributed by atoms with Crippen LogP contribution in [-0.2, 0) is 14.1 Å². The van der Waals surface area contributed by atoms with Crippen molar-refractivity contribution in [2.75, 3.05) is 7.11 Å². The summed E-state index contributed by atoms with van der Waals surface area (Å²) in [6.07, 6.45) is -0.107. The minimum absolute atomic E-state index is 0.107. The third-order valence-corrected chi connectivity index (χ3v) is 5.08. The summed E-state index contributed by atoms with van der Waals surface area (Å²) in [6.45, 7) is 7.79. The second-order valence-corrected chi connectivity index (χ2v) is 7.63. The molecule has 1 N–H and O–H groups in total. The van der Waals surface area contributed by atoms with Crippen LogP contribution in [0.25, 0.3) is 0 Å². The maximum Gasteiger partial charge on any atom is 0.466 e. The molecule has 0 amide bonds. The molecule has 0 saturated carbocycles. The molecule has 0 spiro atoms. The quantitative estimate of drug-likeness (QED) is 0.785. The van der Waals surface area contributed by atoms with Crippen LogP contribution >= 0.6 is 15.9 Å². The maximum atomic E-state index is 11.4. The zero-order valence-electron chi connectivity index (χ0n) is 14.1. The molecule has 0 bridgehead atoms. The van der Waals surface area contributed by atoms with Gasteiger partial charge in [0.15, 0.2) is 0 Å². The van der Waals surface area contributed by atoms with Gasteiger partial charge < -0.3 is 19.2 Å². The number of rotatable bonds is 5. The van der Waals surface area contributed by atoms with Crippen LogP contribution < -0.4 is 4.74 Å². The minimum Gasteiger partial charge on any atom is -0.496 e. The standard InChI is InChI=1S/C16H22BBrO5/c1-15(2)16(3,4)23-17(22-15)12(9-14(19)20)11-8-10(18)6-7-13(11)21-5/h6-8,12H,9H2,1-5H3,(H,19,20). The van der Waals surface area contributed by atoms with E-state index in [0.29, 0.717) is 5.75 Å². The van der Waals surface area contributed by atoms with Gasteiger partial charge in [0.1, 0.15) is 5.75 Å². The fourth-order valence-corrected chi connectivity index (χ4v) is 2.97. The highest BCUT2D eigenvalue weighted by Crippen LogP contribution is 2.43. The number of carbonyl (C=O) groups is 1. The van der Waals surface area contributed by atoms with E-state index in [2.05, 4.69) is 15.9 Å². The second kappa shape index (κ2) is 6.45. The molecular weight excluding hydrogens is 363 g/mol. The highest BCUT2D eigenvalue weighted by Gasteiger charge is 2.54. The molecule has 1 saturated heterocycles. The van der Waals surface area contributed by atoms with Crippen molar-refractivity contribution in [2.24, 2.45) is 0 Å². The van der Waals surface area contributed by atoms with Gasteiger partial charge in [0.2, 0.25) is 0 Å². The summed E-state index contributed by atoms with van der Waals surface area (Å²) in [5, 5.41) is 9.34. The molecule has 0 aliphatic carbocycles. The van der Waals surface area contributed by atoms with Crippen LogP contribution in [0.2, 0.25) is 0 Å². The summed E-state index contributed by atoms with van der Waals surface area (Å²) in [5.41, 5.74) is -0.288. The molecule has 1 aliphatic heterocycles. The molecule has 7 heteroatoms. The molecule has 1 heterocycles. The Kier molecular flexibility index (Phi) is 5.13. The number of ether oxygens (including phenoxy) is 1. The van der Waals surface area contributed by atoms with Crippen LogP contribution in [0, 0.1) is 0 Å². The predicted molar refractivity (Wildman–Crippen MR) is 91.8 cm³/mol. The zero-order chi connectivity index (χ0) is 17.4. The van der Waals surface area contributed by atoms with Gasteiger partial charge in [-0.3, -0.25) is 4.79 Å². The maximum absolute atomic E-state index is 11.4. The van der Waals surface area contributed by atoms with Crippen LogP contribution in [0.1, 0.15) is 45.5 Å². The van der Waals surface area contributed by atoms with E-state index in [1.54, 1.807) is 13.2 Å². The first-order valence-electron chi connectivity index (χ1n) is 7.48. The number of hydrogen-bond acceptors (Lipinski definition) is 4. The summed E-state index contributed by atoms with van der Waals surface area (Å²) in [7, 11) is 0.911. The lowest BCUT2D eigenvalue weighted by molar-refractivity contribution is -0.137. The molecule has 0 aromatic heterocycles. The normalized spacial score (nSPS) is 20.3. The lowest BCUT2D eigenvalue weighted by atomic mass is 9.66. The predicted octanol–water partition coefficient (Wildman–Crippen LogP) is 3.65. The highest BCUT2D eigenvalue weighted by molar-refractivity contribution is 9.10. The second-order valence-electron chi connectivity index (χ2n) is 6.72. The number of carboxylic acids is 1. The van der Waals surface area contributed by atoms with Crippen molar-refractivity contribution < 1.29 is 23.9 Å². The van der Waals surface area contributed by atoms with Gasteiger partial charge in [-0.1, -0.05) is 15.9 Å². The van der Waals surface area contributed by atoms with E-state index in [-0.39, 0.29) is 6.42 Å². The lowest BCUT2D eigenvalue weighted by Gasteiger charge is -2.32. The van der Waals surface area contributed by atoms with E-state index < -0.39 is 30.1 Å². The summed E-state index contributed by atoms with van der Waals surface area (Å²) < 4.78 is 18.4. The van der Waals surface area contributed by atoms with Gasteiger partial charge in [-0.15, -0.1) is 0 Å². The molecule has 0 radical (unpaired) electrons. The van der Waals surface area contributed by atoms with Crippen LogP contribution in [0.3, 0.4) is 0 Å².